The van der Waals surface area contributed by atoms with Gasteiger partial charge >= 0.3 is 0 Å². The molecule has 1 aromatic carbocycles. The summed E-state index contributed by atoms with van der Waals surface area (Å²) in [6.45, 7) is 9.08. The molecule has 1 aliphatic carbocycles. The van der Waals surface area contributed by atoms with Gasteiger partial charge in [0.05, 0.1) is 0 Å². The van der Waals surface area contributed by atoms with Gasteiger partial charge in [-0.2, -0.15) is 0 Å². The average molecular weight is 491 g/mol. The average Bonchev–Trinajstić information content (AvgIpc) is 2.84. The van der Waals surface area contributed by atoms with Gasteiger partial charge in [0.1, 0.15) is 0 Å². The van der Waals surface area contributed by atoms with Crippen molar-refractivity contribution in [2.75, 3.05) is 18.9 Å². The highest BCUT2D eigenvalue weighted by Crippen LogP contribution is 2.39. The highest BCUT2D eigenvalue weighted by atomic mass is 16.2. The highest BCUT2D eigenvalue weighted by Gasteiger charge is 2.33. The molecule has 3 rings (SSSR count). The predicted octanol–water partition coefficient (Wildman–Crippen LogP) is 4.67. The van der Waals surface area contributed by atoms with Crippen LogP contribution >= 0.6 is 0 Å². The minimum absolute atomic E-state index is 0.132. The Hall–Kier alpha value is -3.48. The molecule has 0 saturated heterocycles. The summed E-state index contributed by atoms with van der Waals surface area (Å²) in [7, 11) is 1.85. The summed E-state index contributed by atoms with van der Waals surface area (Å²) >= 11 is 0. The second-order valence-corrected chi connectivity index (χ2v) is 10.2. The molecule has 0 radical (unpaired) electrons. The van der Waals surface area contributed by atoms with Crippen molar-refractivity contribution in [3.05, 3.63) is 71.6 Å². The van der Waals surface area contributed by atoms with Crippen LogP contribution in [0.5, 0.6) is 0 Å². The molecule has 0 bridgehead atoms. The largest absolute Gasteiger partial charge is 0.351 e. The lowest BCUT2D eigenvalue weighted by Crippen LogP contribution is -2.38. The summed E-state index contributed by atoms with van der Waals surface area (Å²) in [6, 6.07) is 10.7. The van der Waals surface area contributed by atoms with E-state index in [4.69, 9.17) is 0 Å². The zero-order valence-corrected chi connectivity index (χ0v) is 22.0. The van der Waals surface area contributed by atoms with Crippen molar-refractivity contribution in [2.24, 2.45) is 23.7 Å². The smallest absolute Gasteiger partial charge is 0.251 e. The van der Waals surface area contributed by atoms with E-state index in [1.165, 1.54) is 12.5 Å². The Labute approximate surface area is 214 Å². The molecule has 3 atom stereocenters. The summed E-state index contributed by atoms with van der Waals surface area (Å²) in [4.78, 5) is 42.8. The first-order valence-electron chi connectivity index (χ1n) is 12.6. The van der Waals surface area contributed by atoms with Gasteiger partial charge in [0.15, 0.2) is 0 Å². The van der Waals surface area contributed by atoms with Gasteiger partial charge in [-0.25, -0.2) is 0 Å². The maximum absolute atomic E-state index is 13.0. The number of allylic oxidation sites excluding steroid dienone is 1. The van der Waals surface area contributed by atoms with Crippen LogP contribution in [0.15, 0.2) is 60.4 Å². The van der Waals surface area contributed by atoms with Crippen molar-refractivity contribution < 1.29 is 14.4 Å². The number of aromatic nitrogens is 1. The van der Waals surface area contributed by atoms with Crippen LogP contribution < -0.4 is 10.6 Å². The first kappa shape index (κ1) is 27.1. The lowest BCUT2D eigenvalue weighted by molar-refractivity contribution is -0.131. The zero-order chi connectivity index (χ0) is 26.2. The Morgan fingerprint density at radius 3 is 2.47 bits per heavy atom. The quantitative estimate of drug-likeness (QED) is 0.500. The maximum Gasteiger partial charge on any atom is 0.251 e. The summed E-state index contributed by atoms with van der Waals surface area (Å²) in [6.07, 6.45) is 7.20. The Kier molecular flexibility index (Phi) is 9.39. The number of amides is 3. The van der Waals surface area contributed by atoms with E-state index in [0.29, 0.717) is 42.6 Å². The zero-order valence-electron chi connectivity index (χ0n) is 22.0. The molecule has 2 aromatic rings. The van der Waals surface area contributed by atoms with Crippen molar-refractivity contribution in [3.8, 4) is 0 Å². The van der Waals surface area contributed by atoms with Crippen LogP contribution in [0, 0.1) is 23.7 Å². The molecule has 1 heterocycles. The van der Waals surface area contributed by atoms with Crippen molar-refractivity contribution >= 4 is 23.4 Å². The number of hydrogen-bond donors (Lipinski definition) is 2. The standard InChI is InChI=1S/C29H38N4O3/c1-19(2)27-14-24(15-28(35)33(5)18-22-7-6-12-30-16-22)20(3)13-25(27)17-31-29(36)23-8-10-26(11-9-23)32-21(4)34/h6-13,16,19,24-25,27H,14-15,17-18H2,1-5H3,(H,31,36)(H,32,34). The first-order chi connectivity index (χ1) is 17.1. The molecule has 7 nitrogen and oxygen atoms in total. The molecule has 3 unspecified atom stereocenters. The number of carbonyl (C=O) groups excluding carboxylic acids is 3. The normalized spacial score (nSPS) is 19.4. The predicted molar refractivity (Wildman–Crippen MR) is 142 cm³/mol. The molecular formula is C29H38N4O3. The lowest BCUT2D eigenvalue weighted by atomic mass is 9.69. The number of benzene rings is 1. The Morgan fingerprint density at radius 1 is 1.14 bits per heavy atom. The van der Waals surface area contributed by atoms with E-state index in [9.17, 15) is 14.4 Å². The third-order valence-electron chi connectivity index (χ3n) is 7.04. The van der Waals surface area contributed by atoms with Crippen LogP contribution in [0.1, 0.15) is 56.5 Å². The van der Waals surface area contributed by atoms with Crippen molar-refractivity contribution in [3.63, 3.8) is 0 Å². The van der Waals surface area contributed by atoms with Gasteiger partial charge in [-0.15, -0.1) is 0 Å². The molecule has 192 valence electrons. The summed E-state index contributed by atoms with van der Waals surface area (Å²) in [5.74, 6) is 1.07. The maximum atomic E-state index is 13.0. The number of hydrogen-bond acceptors (Lipinski definition) is 4. The second kappa shape index (κ2) is 12.5. The van der Waals surface area contributed by atoms with E-state index in [-0.39, 0.29) is 29.6 Å². The van der Waals surface area contributed by atoms with E-state index in [0.717, 1.165) is 12.0 Å². The third-order valence-corrected chi connectivity index (χ3v) is 7.04. The first-order valence-corrected chi connectivity index (χ1v) is 12.6. The summed E-state index contributed by atoms with van der Waals surface area (Å²) in [5.41, 5.74) is 3.46. The lowest BCUT2D eigenvalue weighted by Gasteiger charge is -2.37. The molecule has 0 saturated carbocycles. The number of rotatable bonds is 9. The van der Waals surface area contributed by atoms with Gasteiger partial charge < -0.3 is 15.5 Å². The number of pyridine rings is 1. The topological polar surface area (TPSA) is 91.4 Å². The fourth-order valence-corrected chi connectivity index (χ4v) is 4.95. The Balaban J connectivity index is 1.60. The molecule has 0 fully saturated rings. The van der Waals surface area contributed by atoms with E-state index in [1.54, 1.807) is 41.6 Å². The number of anilines is 1. The highest BCUT2D eigenvalue weighted by molar-refractivity contribution is 5.95. The van der Waals surface area contributed by atoms with E-state index < -0.39 is 0 Å². The Morgan fingerprint density at radius 2 is 1.86 bits per heavy atom. The molecule has 7 heteroatoms. The fourth-order valence-electron chi connectivity index (χ4n) is 4.95. The van der Waals surface area contributed by atoms with Crippen LogP contribution in [-0.4, -0.2) is 41.2 Å². The molecule has 2 N–H and O–H groups in total. The monoisotopic (exact) mass is 490 g/mol. The van der Waals surface area contributed by atoms with Crippen molar-refractivity contribution in [1.82, 2.24) is 15.2 Å². The van der Waals surface area contributed by atoms with Crippen LogP contribution in [0.2, 0.25) is 0 Å². The second-order valence-electron chi connectivity index (χ2n) is 10.2. The van der Waals surface area contributed by atoms with E-state index in [2.05, 4.69) is 42.5 Å². The summed E-state index contributed by atoms with van der Waals surface area (Å²) < 4.78 is 0. The minimum atomic E-state index is -0.147. The Bertz CT molecular complexity index is 1080. The van der Waals surface area contributed by atoms with Crippen molar-refractivity contribution in [1.29, 1.82) is 0 Å². The molecule has 0 spiro atoms. The van der Waals surface area contributed by atoms with Gasteiger partial charge in [0, 0.05) is 57.1 Å². The van der Waals surface area contributed by atoms with Crippen LogP contribution in [0.25, 0.3) is 0 Å². The van der Waals surface area contributed by atoms with Gasteiger partial charge in [0.2, 0.25) is 11.8 Å². The van der Waals surface area contributed by atoms with E-state index in [1.807, 2.05) is 19.2 Å². The summed E-state index contributed by atoms with van der Waals surface area (Å²) in [5, 5.41) is 5.79. The van der Waals surface area contributed by atoms with Gasteiger partial charge in [-0.3, -0.25) is 19.4 Å². The molecule has 36 heavy (non-hydrogen) atoms. The number of nitrogens with zero attached hydrogens (tertiary/aromatic N) is 2. The fraction of sp³-hybridized carbons (Fsp3) is 0.448. The molecule has 1 aromatic heterocycles. The molecular weight excluding hydrogens is 452 g/mol. The third kappa shape index (κ3) is 7.51. The van der Waals surface area contributed by atoms with Crippen molar-refractivity contribution in [2.45, 2.75) is 47.1 Å². The van der Waals surface area contributed by atoms with Crippen LogP contribution in [0.3, 0.4) is 0 Å². The molecule has 0 aliphatic heterocycles. The van der Waals surface area contributed by atoms with Crippen LogP contribution in [-0.2, 0) is 16.1 Å². The number of carbonyl (C=O) groups is 3. The van der Waals surface area contributed by atoms with Gasteiger partial charge in [0.25, 0.3) is 5.91 Å². The molecule has 3 amide bonds. The van der Waals surface area contributed by atoms with Crippen LogP contribution in [0.4, 0.5) is 5.69 Å². The van der Waals surface area contributed by atoms with Gasteiger partial charge in [-0.05, 0) is 72.9 Å². The minimum Gasteiger partial charge on any atom is -0.351 e. The van der Waals surface area contributed by atoms with Gasteiger partial charge in [-0.1, -0.05) is 31.6 Å². The molecule has 1 aliphatic rings. The SMILES string of the molecule is CC(=O)Nc1ccc(C(=O)NCC2C=C(C)C(CC(=O)N(C)Cc3cccnc3)CC2C(C)C)cc1. The van der Waals surface area contributed by atoms with E-state index >= 15 is 0 Å². The number of nitrogens with one attached hydrogen (secondary N) is 2.